The number of amides is 1. The molecule has 0 unspecified atom stereocenters. The molecule has 0 aliphatic heterocycles. The number of aryl methyl sites for hydroxylation is 1. The highest BCUT2D eigenvalue weighted by Gasteiger charge is 2.08. The van der Waals surface area contributed by atoms with Gasteiger partial charge < -0.3 is 11.1 Å². The van der Waals surface area contributed by atoms with Crippen LogP contribution in [-0.4, -0.2) is 5.91 Å². The van der Waals surface area contributed by atoms with Crippen LogP contribution in [0.5, 0.6) is 0 Å². The number of nitrogens with two attached hydrogens (primary N) is 1. The summed E-state index contributed by atoms with van der Waals surface area (Å²) in [5.41, 5.74) is 9.89. The molecule has 1 amide bonds. The lowest BCUT2D eigenvalue weighted by molar-refractivity contribution is 0.102. The first-order valence-electron chi connectivity index (χ1n) is 5.81. The van der Waals surface area contributed by atoms with E-state index in [2.05, 4.69) is 5.32 Å². The van der Waals surface area contributed by atoms with Gasteiger partial charge in [0.25, 0.3) is 5.91 Å². The van der Waals surface area contributed by atoms with E-state index in [-0.39, 0.29) is 5.91 Å². The molecule has 2 aromatic carbocycles. The van der Waals surface area contributed by atoms with Crippen molar-refractivity contribution in [2.45, 2.75) is 13.8 Å². The molecule has 0 spiro atoms. The maximum absolute atomic E-state index is 12.0. The highest BCUT2D eigenvalue weighted by Crippen LogP contribution is 2.21. The van der Waals surface area contributed by atoms with Crippen molar-refractivity contribution >= 4 is 17.3 Å². The van der Waals surface area contributed by atoms with Gasteiger partial charge in [0.15, 0.2) is 0 Å². The minimum atomic E-state index is -0.122. The third-order valence-electron chi connectivity index (χ3n) is 2.94. The zero-order valence-corrected chi connectivity index (χ0v) is 10.5. The highest BCUT2D eigenvalue weighted by atomic mass is 16.1. The number of carbonyl (C=O) groups excluding carboxylic acids is 1. The molecule has 0 aromatic heterocycles. The van der Waals surface area contributed by atoms with Crippen molar-refractivity contribution in [3.63, 3.8) is 0 Å². The number of rotatable bonds is 2. The van der Waals surface area contributed by atoms with E-state index in [1.54, 1.807) is 0 Å². The highest BCUT2D eigenvalue weighted by molar-refractivity contribution is 6.04. The second kappa shape index (κ2) is 4.92. The molecule has 0 heterocycles. The maximum Gasteiger partial charge on any atom is 0.255 e. The van der Waals surface area contributed by atoms with E-state index in [1.807, 2.05) is 56.3 Å². The second-order valence-corrected chi connectivity index (χ2v) is 4.34. The van der Waals surface area contributed by atoms with E-state index < -0.39 is 0 Å². The van der Waals surface area contributed by atoms with E-state index in [0.717, 1.165) is 16.8 Å². The number of carbonyl (C=O) groups is 1. The molecule has 0 saturated heterocycles. The standard InChI is InChI=1S/C15H16N2O/c1-10-6-8-12(9-7-10)15(18)17-14-5-3-4-13(16)11(14)2/h3-9H,16H2,1-2H3,(H,17,18). The predicted octanol–water partition coefficient (Wildman–Crippen LogP) is 3.14. The molecule has 92 valence electrons. The van der Waals surface area contributed by atoms with Gasteiger partial charge in [-0.15, -0.1) is 0 Å². The zero-order chi connectivity index (χ0) is 13.1. The van der Waals surface area contributed by atoms with Crippen molar-refractivity contribution in [2.24, 2.45) is 0 Å². The molecule has 3 heteroatoms. The van der Waals surface area contributed by atoms with Gasteiger partial charge in [0.05, 0.1) is 0 Å². The van der Waals surface area contributed by atoms with Gasteiger partial charge >= 0.3 is 0 Å². The molecule has 0 bridgehead atoms. The van der Waals surface area contributed by atoms with Crippen molar-refractivity contribution in [1.82, 2.24) is 0 Å². The first kappa shape index (κ1) is 12.2. The smallest absolute Gasteiger partial charge is 0.255 e. The Morgan fingerprint density at radius 2 is 1.72 bits per heavy atom. The molecule has 0 radical (unpaired) electrons. The minimum absolute atomic E-state index is 0.122. The van der Waals surface area contributed by atoms with E-state index in [9.17, 15) is 4.79 Å². The first-order chi connectivity index (χ1) is 8.58. The summed E-state index contributed by atoms with van der Waals surface area (Å²) in [6.07, 6.45) is 0. The third-order valence-corrected chi connectivity index (χ3v) is 2.94. The number of hydrogen-bond donors (Lipinski definition) is 2. The number of nitrogen functional groups attached to an aromatic ring is 1. The topological polar surface area (TPSA) is 55.1 Å². The Bertz CT molecular complexity index is 574. The monoisotopic (exact) mass is 240 g/mol. The van der Waals surface area contributed by atoms with Crippen LogP contribution in [-0.2, 0) is 0 Å². The number of hydrogen-bond acceptors (Lipinski definition) is 2. The Hall–Kier alpha value is -2.29. The van der Waals surface area contributed by atoms with Gasteiger partial charge in [-0.05, 0) is 43.7 Å². The molecule has 0 aliphatic carbocycles. The summed E-state index contributed by atoms with van der Waals surface area (Å²) in [5.74, 6) is -0.122. The number of anilines is 2. The van der Waals surface area contributed by atoms with Crippen molar-refractivity contribution in [3.05, 3.63) is 59.2 Å². The molecular formula is C15H16N2O. The van der Waals surface area contributed by atoms with E-state index in [0.29, 0.717) is 11.3 Å². The maximum atomic E-state index is 12.0. The summed E-state index contributed by atoms with van der Waals surface area (Å²) in [4.78, 5) is 12.0. The van der Waals surface area contributed by atoms with Crippen LogP contribution in [0.1, 0.15) is 21.5 Å². The molecule has 0 atom stereocenters. The Balaban J connectivity index is 2.21. The van der Waals surface area contributed by atoms with Crippen LogP contribution in [0.4, 0.5) is 11.4 Å². The van der Waals surface area contributed by atoms with E-state index in [4.69, 9.17) is 5.73 Å². The summed E-state index contributed by atoms with van der Waals surface area (Å²) < 4.78 is 0. The molecule has 3 N–H and O–H groups in total. The van der Waals surface area contributed by atoms with Crippen LogP contribution < -0.4 is 11.1 Å². The fraction of sp³-hybridized carbons (Fsp3) is 0.133. The molecule has 0 aliphatic rings. The van der Waals surface area contributed by atoms with Gasteiger partial charge in [0, 0.05) is 16.9 Å². The Kier molecular flexibility index (Phi) is 3.33. The van der Waals surface area contributed by atoms with E-state index >= 15 is 0 Å². The molecule has 0 fully saturated rings. The lowest BCUT2D eigenvalue weighted by atomic mass is 10.1. The van der Waals surface area contributed by atoms with Gasteiger partial charge in [-0.25, -0.2) is 0 Å². The van der Waals surface area contributed by atoms with Crippen LogP contribution in [0.15, 0.2) is 42.5 Å². The third kappa shape index (κ3) is 2.51. The number of benzene rings is 2. The van der Waals surface area contributed by atoms with Gasteiger partial charge in [0.1, 0.15) is 0 Å². The van der Waals surface area contributed by atoms with Crippen LogP contribution in [0, 0.1) is 13.8 Å². The predicted molar refractivity (Wildman–Crippen MR) is 74.7 cm³/mol. The lowest BCUT2D eigenvalue weighted by Gasteiger charge is -2.10. The van der Waals surface area contributed by atoms with Gasteiger partial charge in [-0.1, -0.05) is 23.8 Å². The average molecular weight is 240 g/mol. The molecule has 2 rings (SSSR count). The SMILES string of the molecule is Cc1ccc(C(=O)Nc2cccc(N)c2C)cc1. The van der Waals surface area contributed by atoms with Crippen molar-refractivity contribution in [1.29, 1.82) is 0 Å². The summed E-state index contributed by atoms with van der Waals surface area (Å²) in [6.45, 7) is 3.88. The number of nitrogens with one attached hydrogen (secondary N) is 1. The van der Waals surface area contributed by atoms with Crippen LogP contribution in [0.2, 0.25) is 0 Å². The lowest BCUT2D eigenvalue weighted by Crippen LogP contribution is -2.13. The van der Waals surface area contributed by atoms with Crippen LogP contribution >= 0.6 is 0 Å². The Morgan fingerprint density at radius 1 is 1.06 bits per heavy atom. The summed E-state index contributed by atoms with van der Waals surface area (Å²) in [6, 6.07) is 12.9. The van der Waals surface area contributed by atoms with Crippen molar-refractivity contribution < 1.29 is 4.79 Å². The van der Waals surface area contributed by atoms with E-state index in [1.165, 1.54) is 0 Å². The Morgan fingerprint density at radius 3 is 2.39 bits per heavy atom. The largest absolute Gasteiger partial charge is 0.398 e. The molecule has 18 heavy (non-hydrogen) atoms. The zero-order valence-electron chi connectivity index (χ0n) is 10.5. The fourth-order valence-electron chi connectivity index (χ4n) is 1.69. The summed E-state index contributed by atoms with van der Waals surface area (Å²) >= 11 is 0. The van der Waals surface area contributed by atoms with Gasteiger partial charge in [0.2, 0.25) is 0 Å². The second-order valence-electron chi connectivity index (χ2n) is 4.34. The van der Waals surface area contributed by atoms with Crippen molar-refractivity contribution in [3.8, 4) is 0 Å². The van der Waals surface area contributed by atoms with Gasteiger partial charge in [-0.3, -0.25) is 4.79 Å². The summed E-state index contributed by atoms with van der Waals surface area (Å²) in [7, 11) is 0. The Labute approximate surface area is 107 Å². The average Bonchev–Trinajstić information content (AvgIpc) is 2.36. The van der Waals surface area contributed by atoms with Gasteiger partial charge in [-0.2, -0.15) is 0 Å². The molecule has 3 nitrogen and oxygen atoms in total. The van der Waals surface area contributed by atoms with Crippen LogP contribution in [0.25, 0.3) is 0 Å². The van der Waals surface area contributed by atoms with Crippen molar-refractivity contribution in [2.75, 3.05) is 11.1 Å². The molecule has 0 saturated carbocycles. The summed E-state index contributed by atoms with van der Waals surface area (Å²) in [5, 5.41) is 2.87. The first-order valence-corrected chi connectivity index (χ1v) is 5.81. The quantitative estimate of drug-likeness (QED) is 0.792. The van der Waals surface area contributed by atoms with Crippen LogP contribution in [0.3, 0.4) is 0 Å². The molecular weight excluding hydrogens is 224 g/mol. The normalized spacial score (nSPS) is 10.1. The molecule has 2 aromatic rings. The fourth-order valence-corrected chi connectivity index (χ4v) is 1.69. The minimum Gasteiger partial charge on any atom is -0.398 e.